The van der Waals surface area contributed by atoms with Crippen LogP contribution in [0.25, 0.3) is 10.9 Å². The van der Waals surface area contributed by atoms with Gasteiger partial charge in [-0.25, -0.2) is 14.7 Å². The van der Waals surface area contributed by atoms with Crippen LogP contribution in [0.3, 0.4) is 0 Å². The van der Waals surface area contributed by atoms with E-state index in [1.165, 1.54) is 5.56 Å². The van der Waals surface area contributed by atoms with Gasteiger partial charge in [-0.15, -0.1) is 24.0 Å². The third kappa shape index (κ3) is 5.25. The zero-order chi connectivity index (χ0) is 20.1. The highest BCUT2D eigenvalue weighted by molar-refractivity contribution is 14.0. The van der Waals surface area contributed by atoms with Gasteiger partial charge in [0, 0.05) is 37.7 Å². The smallest absolute Gasteiger partial charge is 0.191 e. The van der Waals surface area contributed by atoms with Crippen LogP contribution in [0.4, 0.5) is 0 Å². The predicted molar refractivity (Wildman–Crippen MR) is 128 cm³/mol. The van der Waals surface area contributed by atoms with Crippen LogP contribution in [-0.2, 0) is 30.9 Å². The number of hydrogen-bond acceptors (Lipinski definition) is 5. The number of aromatic nitrogens is 4. The monoisotopic (exact) mass is 521 g/mol. The van der Waals surface area contributed by atoms with Crippen molar-refractivity contribution in [3.05, 3.63) is 53.7 Å². The normalized spacial score (nSPS) is 16.1. The van der Waals surface area contributed by atoms with Crippen molar-refractivity contribution in [1.29, 1.82) is 0 Å². The molecule has 3 heterocycles. The summed E-state index contributed by atoms with van der Waals surface area (Å²) in [7, 11) is 1.66. The summed E-state index contributed by atoms with van der Waals surface area (Å²) in [6, 6.07) is 10.5. The van der Waals surface area contributed by atoms with E-state index in [1.54, 1.807) is 7.11 Å². The average molecular weight is 521 g/mol. The first-order valence-corrected chi connectivity index (χ1v) is 10.1. The van der Waals surface area contributed by atoms with Crippen molar-refractivity contribution < 1.29 is 4.74 Å². The second-order valence-electron chi connectivity index (χ2n) is 7.12. The first-order valence-electron chi connectivity index (χ1n) is 10.1. The Bertz CT molecular complexity index is 999. The minimum Gasteiger partial charge on any atom is -0.377 e. The van der Waals surface area contributed by atoms with Crippen LogP contribution >= 0.6 is 24.0 Å². The molecule has 0 aliphatic carbocycles. The van der Waals surface area contributed by atoms with Gasteiger partial charge in [0.1, 0.15) is 12.4 Å². The van der Waals surface area contributed by atoms with Gasteiger partial charge in [-0.05, 0) is 31.0 Å². The first kappa shape index (κ1) is 22.4. The van der Waals surface area contributed by atoms with E-state index in [4.69, 9.17) is 9.73 Å². The van der Waals surface area contributed by atoms with Gasteiger partial charge in [0.2, 0.25) is 0 Å². The second kappa shape index (κ2) is 10.7. The molecule has 0 spiro atoms. The molecule has 8 nitrogen and oxygen atoms in total. The van der Waals surface area contributed by atoms with Gasteiger partial charge in [0.15, 0.2) is 11.8 Å². The summed E-state index contributed by atoms with van der Waals surface area (Å²) in [5, 5.41) is 12.6. The Morgan fingerprint density at radius 2 is 2.17 bits per heavy atom. The van der Waals surface area contributed by atoms with Gasteiger partial charge < -0.3 is 15.4 Å². The molecule has 160 valence electrons. The number of hydrogen-bond donors (Lipinski definition) is 2. The maximum Gasteiger partial charge on any atom is 0.191 e. The lowest BCUT2D eigenvalue weighted by Gasteiger charge is -2.25. The number of halogens is 1. The molecule has 30 heavy (non-hydrogen) atoms. The molecule has 4 rings (SSSR count). The Hall–Kier alpha value is -2.27. The van der Waals surface area contributed by atoms with E-state index in [-0.39, 0.29) is 30.0 Å². The van der Waals surface area contributed by atoms with E-state index in [1.807, 2.05) is 35.1 Å². The van der Waals surface area contributed by atoms with E-state index in [0.717, 1.165) is 54.4 Å². The zero-order valence-electron chi connectivity index (χ0n) is 17.3. The van der Waals surface area contributed by atoms with Crippen LogP contribution in [0.2, 0.25) is 0 Å². The number of para-hydroxylation sites is 1. The summed E-state index contributed by atoms with van der Waals surface area (Å²) in [5.74, 6) is 2.59. The number of fused-ring (bicyclic) bond motifs is 2. The maximum absolute atomic E-state index is 5.15. The first-order chi connectivity index (χ1) is 14.3. The van der Waals surface area contributed by atoms with E-state index in [9.17, 15) is 0 Å². The second-order valence-corrected chi connectivity index (χ2v) is 7.12. The highest BCUT2D eigenvalue weighted by Crippen LogP contribution is 2.17. The fourth-order valence-corrected chi connectivity index (χ4v) is 3.64. The highest BCUT2D eigenvalue weighted by atomic mass is 127. The molecule has 1 atom stereocenters. The molecule has 0 amide bonds. The molecular weight excluding hydrogens is 493 g/mol. The van der Waals surface area contributed by atoms with Gasteiger partial charge in [0.05, 0.1) is 18.6 Å². The van der Waals surface area contributed by atoms with Gasteiger partial charge in [-0.3, -0.25) is 4.98 Å². The lowest BCUT2D eigenvalue weighted by molar-refractivity contribution is 0.177. The van der Waals surface area contributed by atoms with Gasteiger partial charge >= 0.3 is 0 Å². The van der Waals surface area contributed by atoms with E-state index < -0.39 is 0 Å². The molecule has 3 aromatic rings. The van der Waals surface area contributed by atoms with E-state index in [0.29, 0.717) is 13.2 Å². The molecule has 9 heteroatoms. The average Bonchev–Trinajstić information content (AvgIpc) is 3.14. The molecule has 1 unspecified atom stereocenters. The van der Waals surface area contributed by atoms with Crippen molar-refractivity contribution in [3.63, 3.8) is 0 Å². The Morgan fingerprint density at radius 1 is 1.30 bits per heavy atom. The van der Waals surface area contributed by atoms with Crippen LogP contribution in [0.5, 0.6) is 0 Å². The van der Waals surface area contributed by atoms with Crippen molar-refractivity contribution in [3.8, 4) is 0 Å². The Balaban J connectivity index is 0.00000256. The van der Waals surface area contributed by atoms with E-state index >= 15 is 0 Å². The van der Waals surface area contributed by atoms with Gasteiger partial charge in [-0.1, -0.05) is 18.2 Å². The Labute approximate surface area is 193 Å². The fraction of sp³-hybridized carbons (Fsp3) is 0.429. The highest BCUT2D eigenvalue weighted by Gasteiger charge is 2.22. The number of nitrogens with zero attached hydrogens (tertiary/aromatic N) is 5. The minimum atomic E-state index is 0. The largest absolute Gasteiger partial charge is 0.377 e. The third-order valence-electron chi connectivity index (χ3n) is 5.01. The molecule has 1 aliphatic heterocycles. The van der Waals surface area contributed by atoms with Crippen LogP contribution in [0, 0.1) is 0 Å². The SMILES string of the molecule is CCNC(=NCc1ccnc2ccccc12)NC1CCc2nc(COC)nn2C1.I. The van der Waals surface area contributed by atoms with Crippen molar-refractivity contribution >= 4 is 40.8 Å². The number of pyridine rings is 1. The molecule has 0 bridgehead atoms. The minimum absolute atomic E-state index is 0. The molecule has 0 saturated carbocycles. The van der Waals surface area contributed by atoms with Crippen molar-refractivity contribution in [2.45, 2.75) is 45.5 Å². The van der Waals surface area contributed by atoms with E-state index in [2.05, 4.69) is 38.7 Å². The van der Waals surface area contributed by atoms with Crippen molar-refractivity contribution in [1.82, 2.24) is 30.4 Å². The van der Waals surface area contributed by atoms with Gasteiger partial charge in [-0.2, -0.15) is 5.10 Å². The Morgan fingerprint density at radius 3 is 3.00 bits per heavy atom. The summed E-state index contributed by atoms with van der Waals surface area (Å²) in [6.07, 6.45) is 3.73. The van der Waals surface area contributed by atoms with Crippen LogP contribution in [0.1, 0.15) is 30.6 Å². The number of methoxy groups -OCH3 is 1. The third-order valence-corrected chi connectivity index (χ3v) is 5.01. The summed E-state index contributed by atoms with van der Waals surface area (Å²) >= 11 is 0. The number of benzene rings is 1. The molecule has 0 radical (unpaired) electrons. The zero-order valence-corrected chi connectivity index (χ0v) is 19.7. The van der Waals surface area contributed by atoms with Crippen LogP contribution in [0.15, 0.2) is 41.5 Å². The topological polar surface area (TPSA) is 89.2 Å². The van der Waals surface area contributed by atoms with Crippen molar-refractivity contribution in [2.24, 2.45) is 4.99 Å². The molecule has 2 N–H and O–H groups in total. The van der Waals surface area contributed by atoms with Gasteiger partial charge in [0.25, 0.3) is 0 Å². The Kier molecular flexibility index (Phi) is 7.97. The molecule has 0 saturated heterocycles. The fourth-order valence-electron chi connectivity index (χ4n) is 3.64. The number of ether oxygens (including phenoxy) is 1. The number of rotatable bonds is 6. The molecule has 1 aromatic carbocycles. The maximum atomic E-state index is 5.15. The summed E-state index contributed by atoms with van der Waals surface area (Å²) in [6.45, 7) is 4.70. The van der Waals surface area contributed by atoms with Crippen LogP contribution in [-0.4, -0.2) is 45.4 Å². The standard InChI is InChI=1S/C21H27N7O.HI/c1-3-22-21(24-12-15-10-11-23-18-7-5-4-6-17(15)18)25-16-8-9-20-26-19(14-29-2)27-28(20)13-16;/h4-7,10-11,16H,3,8-9,12-14H2,1-2H3,(H2,22,24,25);1H. The lowest BCUT2D eigenvalue weighted by atomic mass is 10.1. The lowest BCUT2D eigenvalue weighted by Crippen LogP contribution is -2.47. The number of guanidine groups is 1. The quantitative estimate of drug-likeness (QED) is 0.295. The predicted octanol–water partition coefficient (Wildman–Crippen LogP) is 2.66. The molecular formula is C21H28IN7O. The summed E-state index contributed by atoms with van der Waals surface area (Å²) in [5.41, 5.74) is 2.16. The number of aryl methyl sites for hydroxylation is 1. The molecule has 1 aliphatic rings. The summed E-state index contributed by atoms with van der Waals surface area (Å²) < 4.78 is 7.13. The number of nitrogens with one attached hydrogen (secondary N) is 2. The molecule has 0 fully saturated rings. The summed E-state index contributed by atoms with van der Waals surface area (Å²) in [4.78, 5) is 13.8. The molecule has 2 aromatic heterocycles. The number of aliphatic imine (C=N–C) groups is 1. The van der Waals surface area contributed by atoms with Crippen LogP contribution < -0.4 is 10.6 Å². The van der Waals surface area contributed by atoms with Crippen molar-refractivity contribution in [2.75, 3.05) is 13.7 Å².